The van der Waals surface area contributed by atoms with Crippen molar-refractivity contribution < 1.29 is 4.79 Å². The molecule has 0 saturated heterocycles. The molecule has 0 radical (unpaired) electrons. The second-order valence-corrected chi connectivity index (χ2v) is 2.97. The number of carbonyl (C=O) groups excluding carboxylic acids is 1. The van der Waals surface area contributed by atoms with E-state index >= 15 is 0 Å². The number of nitrogen functional groups attached to an aromatic ring is 2. The molecule has 0 saturated carbocycles. The van der Waals surface area contributed by atoms with Crippen LogP contribution in [0.5, 0.6) is 0 Å². The smallest absolute Gasteiger partial charge is 0.131 e. The van der Waals surface area contributed by atoms with E-state index in [1.807, 2.05) is 13.0 Å². The van der Waals surface area contributed by atoms with Gasteiger partial charge in [-0.25, -0.2) is 0 Å². The largest absolute Gasteiger partial charge is 0.397 e. The van der Waals surface area contributed by atoms with Gasteiger partial charge >= 0.3 is 0 Å². The third kappa shape index (κ3) is 2.27. The van der Waals surface area contributed by atoms with Crippen molar-refractivity contribution in [2.45, 2.75) is 13.3 Å². The first-order chi connectivity index (χ1) is 6.65. The molecule has 1 aromatic rings. The van der Waals surface area contributed by atoms with Crippen LogP contribution in [-0.2, 0) is 4.79 Å². The maximum absolute atomic E-state index is 10.0. The van der Waals surface area contributed by atoms with Gasteiger partial charge in [0.2, 0.25) is 0 Å². The van der Waals surface area contributed by atoms with Gasteiger partial charge < -0.3 is 16.3 Å². The molecule has 4 N–H and O–H groups in total. The molecular formula is C11H12N2O. The molecule has 0 fully saturated rings. The van der Waals surface area contributed by atoms with Crippen molar-refractivity contribution in [2.75, 3.05) is 11.5 Å². The molecule has 0 bridgehead atoms. The van der Waals surface area contributed by atoms with Crippen molar-refractivity contribution >= 4 is 17.7 Å². The highest BCUT2D eigenvalue weighted by Gasteiger charge is 1.99. The summed E-state index contributed by atoms with van der Waals surface area (Å²) in [4.78, 5) is 10.0. The number of hydrogen-bond acceptors (Lipinski definition) is 3. The average Bonchev–Trinajstić information content (AvgIpc) is 2.14. The molecule has 0 unspecified atom stereocenters. The van der Waals surface area contributed by atoms with Gasteiger partial charge in [-0.2, -0.15) is 0 Å². The minimum Gasteiger partial charge on any atom is -0.397 e. The molecule has 1 aromatic carbocycles. The Morgan fingerprint density at radius 3 is 2.71 bits per heavy atom. The van der Waals surface area contributed by atoms with Crippen LogP contribution in [0.2, 0.25) is 0 Å². The van der Waals surface area contributed by atoms with Crippen LogP contribution in [0.1, 0.15) is 17.5 Å². The van der Waals surface area contributed by atoms with Gasteiger partial charge in [-0.1, -0.05) is 11.8 Å². The van der Waals surface area contributed by atoms with Gasteiger partial charge in [0.25, 0.3) is 0 Å². The lowest BCUT2D eigenvalue weighted by molar-refractivity contribution is -0.107. The molecule has 0 amide bonds. The number of aryl methyl sites for hydroxylation is 1. The van der Waals surface area contributed by atoms with Crippen LogP contribution in [0.15, 0.2) is 12.1 Å². The number of rotatable bonds is 1. The Morgan fingerprint density at radius 2 is 2.14 bits per heavy atom. The van der Waals surface area contributed by atoms with Crippen LogP contribution in [-0.4, -0.2) is 6.29 Å². The average molecular weight is 188 g/mol. The van der Waals surface area contributed by atoms with Gasteiger partial charge in [-0.3, -0.25) is 0 Å². The normalized spacial score (nSPS) is 8.93. The molecule has 3 nitrogen and oxygen atoms in total. The first-order valence-corrected chi connectivity index (χ1v) is 4.23. The topological polar surface area (TPSA) is 69.1 Å². The van der Waals surface area contributed by atoms with Crippen molar-refractivity contribution in [3.05, 3.63) is 23.3 Å². The molecule has 0 heterocycles. The fourth-order valence-electron chi connectivity index (χ4n) is 1.09. The van der Waals surface area contributed by atoms with Crippen LogP contribution in [0.4, 0.5) is 11.4 Å². The van der Waals surface area contributed by atoms with Gasteiger partial charge in [-0.15, -0.1) is 0 Å². The molecule has 72 valence electrons. The summed E-state index contributed by atoms with van der Waals surface area (Å²) in [7, 11) is 0. The van der Waals surface area contributed by atoms with Crippen LogP contribution < -0.4 is 11.5 Å². The van der Waals surface area contributed by atoms with E-state index < -0.39 is 0 Å². The van der Waals surface area contributed by atoms with Crippen LogP contribution in [0, 0.1) is 18.8 Å². The zero-order valence-electron chi connectivity index (χ0n) is 8.00. The summed E-state index contributed by atoms with van der Waals surface area (Å²) in [5.74, 6) is 5.55. The quantitative estimate of drug-likeness (QED) is 0.394. The summed E-state index contributed by atoms with van der Waals surface area (Å²) in [6.07, 6.45) is 1.00. The SMILES string of the molecule is Cc1cc(C#CCC=O)cc(N)c1N. The summed E-state index contributed by atoms with van der Waals surface area (Å²) in [6.45, 7) is 1.87. The van der Waals surface area contributed by atoms with Crippen molar-refractivity contribution in [2.24, 2.45) is 0 Å². The van der Waals surface area contributed by atoms with Crippen LogP contribution in [0.25, 0.3) is 0 Å². The Kier molecular flexibility index (Phi) is 3.14. The molecular weight excluding hydrogens is 176 g/mol. The maximum atomic E-state index is 10.0. The van der Waals surface area contributed by atoms with Crippen molar-refractivity contribution in [3.8, 4) is 11.8 Å². The second-order valence-electron chi connectivity index (χ2n) is 2.97. The molecule has 0 aliphatic heterocycles. The molecule has 0 atom stereocenters. The summed E-state index contributed by atoms with van der Waals surface area (Å²) >= 11 is 0. The zero-order chi connectivity index (χ0) is 10.6. The standard InChI is InChI=1S/C11H12N2O/c1-8-6-9(4-2-3-5-14)7-10(12)11(8)13/h5-7H,3,12-13H2,1H3. The minimum atomic E-state index is 0.239. The number of hydrogen-bond donors (Lipinski definition) is 2. The molecule has 0 aromatic heterocycles. The van der Waals surface area contributed by atoms with Gasteiger partial charge in [0, 0.05) is 5.56 Å². The van der Waals surface area contributed by atoms with E-state index in [2.05, 4.69) is 11.8 Å². The molecule has 1 rings (SSSR count). The Hall–Kier alpha value is -1.95. The summed E-state index contributed by atoms with van der Waals surface area (Å²) in [6, 6.07) is 3.56. The highest BCUT2D eigenvalue weighted by molar-refractivity contribution is 5.70. The fourth-order valence-corrected chi connectivity index (χ4v) is 1.09. The predicted molar refractivity (Wildman–Crippen MR) is 57.6 cm³/mol. The Morgan fingerprint density at radius 1 is 1.43 bits per heavy atom. The van der Waals surface area contributed by atoms with Gasteiger partial charge in [-0.05, 0) is 24.6 Å². The lowest BCUT2D eigenvalue weighted by atomic mass is 10.1. The number of carbonyl (C=O) groups is 1. The van der Waals surface area contributed by atoms with Gasteiger partial charge in [0.05, 0.1) is 17.8 Å². The monoisotopic (exact) mass is 188 g/mol. The van der Waals surface area contributed by atoms with Crippen LogP contribution >= 0.6 is 0 Å². The van der Waals surface area contributed by atoms with Crippen molar-refractivity contribution in [3.63, 3.8) is 0 Å². The number of anilines is 2. The molecule has 3 heteroatoms. The van der Waals surface area contributed by atoms with Crippen molar-refractivity contribution in [1.82, 2.24) is 0 Å². The summed E-state index contributed by atoms with van der Waals surface area (Å²) in [5.41, 5.74) is 14.1. The van der Waals surface area contributed by atoms with E-state index in [0.717, 1.165) is 17.4 Å². The third-order valence-electron chi connectivity index (χ3n) is 1.84. The summed E-state index contributed by atoms with van der Waals surface area (Å²) in [5, 5.41) is 0. The third-order valence-corrected chi connectivity index (χ3v) is 1.84. The lowest BCUT2D eigenvalue weighted by Crippen LogP contribution is -1.97. The van der Waals surface area contributed by atoms with Crippen molar-refractivity contribution in [1.29, 1.82) is 0 Å². The number of aldehydes is 1. The van der Waals surface area contributed by atoms with Gasteiger partial charge in [0.15, 0.2) is 0 Å². The van der Waals surface area contributed by atoms with E-state index in [9.17, 15) is 4.79 Å². The van der Waals surface area contributed by atoms with Gasteiger partial charge in [0.1, 0.15) is 6.29 Å². The van der Waals surface area contributed by atoms with E-state index in [-0.39, 0.29) is 6.42 Å². The van der Waals surface area contributed by atoms with E-state index in [1.54, 1.807) is 6.07 Å². The Labute approximate surface area is 83.1 Å². The first kappa shape index (κ1) is 10.1. The molecule has 0 aliphatic rings. The van der Waals surface area contributed by atoms with Crippen LogP contribution in [0.3, 0.4) is 0 Å². The highest BCUT2D eigenvalue weighted by Crippen LogP contribution is 2.20. The molecule has 14 heavy (non-hydrogen) atoms. The fraction of sp³-hybridized carbons (Fsp3) is 0.182. The first-order valence-electron chi connectivity index (χ1n) is 4.23. The molecule has 0 spiro atoms. The lowest BCUT2D eigenvalue weighted by Gasteiger charge is -2.04. The van der Waals surface area contributed by atoms with E-state index in [0.29, 0.717) is 11.4 Å². The second kappa shape index (κ2) is 4.33. The Balaban J connectivity index is 3.02. The zero-order valence-corrected chi connectivity index (χ0v) is 8.00. The summed E-state index contributed by atoms with van der Waals surface area (Å²) < 4.78 is 0. The number of benzene rings is 1. The maximum Gasteiger partial charge on any atom is 0.131 e. The predicted octanol–water partition coefficient (Wildman–Crippen LogP) is 1.10. The van der Waals surface area contributed by atoms with E-state index in [1.165, 1.54) is 0 Å². The minimum absolute atomic E-state index is 0.239. The Bertz CT molecular complexity index is 390. The number of nitrogens with two attached hydrogens (primary N) is 2. The highest BCUT2D eigenvalue weighted by atomic mass is 16.1. The van der Waals surface area contributed by atoms with E-state index in [4.69, 9.17) is 11.5 Å². The molecule has 0 aliphatic carbocycles.